The van der Waals surface area contributed by atoms with Crippen molar-refractivity contribution in [2.75, 3.05) is 4.90 Å². The van der Waals surface area contributed by atoms with Gasteiger partial charge in [0.2, 0.25) is 5.91 Å². The topological polar surface area (TPSA) is 47.2 Å². The Labute approximate surface area is 143 Å². The number of carbonyl (C=O) groups is 1. The lowest BCUT2D eigenvalue weighted by Gasteiger charge is -2.26. The second kappa shape index (κ2) is 7.07. The summed E-state index contributed by atoms with van der Waals surface area (Å²) in [6.45, 7) is 9.79. The van der Waals surface area contributed by atoms with Gasteiger partial charge in [-0.15, -0.1) is 0 Å². The molecular formula is C19H27N3O2. The van der Waals surface area contributed by atoms with Crippen molar-refractivity contribution in [3.8, 4) is 5.69 Å². The van der Waals surface area contributed by atoms with Crippen molar-refractivity contribution >= 4 is 11.6 Å². The molecule has 0 bridgehead atoms. The molecule has 0 N–H and O–H groups in total. The van der Waals surface area contributed by atoms with Gasteiger partial charge in [-0.25, -0.2) is 4.68 Å². The molecule has 0 fully saturated rings. The molecule has 130 valence electrons. The first-order chi connectivity index (χ1) is 11.3. The molecule has 0 unspecified atom stereocenters. The molecular weight excluding hydrogens is 302 g/mol. The number of amides is 1. The van der Waals surface area contributed by atoms with Crippen LogP contribution in [0.4, 0.5) is 5.69 Å². The monoisotopic (exact) mass is 329 g/mol. The SMILES string of the molecule is Cc1c(N(C(=O)CC(C)C)C(C)C)c(=O)n(-c2ccccc2)n1C. The van der Waals surface area contributed by atoms with Crippen LogP contribution in [-0.4, -0.2) is 21.3 Å². The van der Waals surface area contributed by atoms with Crippen LogP contribution < -0.4 is 10.5 Å². The summed E-state index contributed by atoms with van der Waals surface area (Å²) in [5.74, 6) is 0.241. The number of benzene rings is 1. The van der Waals surface area contributed by atoms with E-state index in [1.165, 1.54) is 0 Å². The lowest BCUT2D eigenvalue weighted by atomic mass is 10.1. The van der Waals surface area contributed by atoms with Gasteiger partial charge in [0.1, 0.15) is 5.69 Å². The highest BCUT2D eigenvalue weighted by Gasteiger charge is 2.28. The summed E-state index contributed by atoms with van der Waals surface area (Å²) in [7, 11) is 1.85. The van der Waals surface area contributed by atoms with Crippen LogP contribution in [0.5, 0.6) is 0 Å². The molecule has 1 aromatic heterocycles. The highest BCUT2D eigenvalue weighted by atomic mass is 16.2. The highest BCUT2D eigenvalue weighted by Crippen LogP contribution is 2.22. The van der Waals surface area contributed by atoms with Gasteiger partial charge >= 0.3 is 0 Å². The number of carbonyl (C=O) groups excluding carboxylic acids is 1. The Bertz CT molecular complexity index is 770. The first-order valence-corrected chi connectivity index (χ1v) is 8.41. The molecule has 0 saturated carbocycles. The molecule has 2 aromatic rings. The van der Waals surface area contributed by atoms with E-state index in [0.717, 1.165) is 11.4 Å². The van der Waals surface area contributed by atoms with Gasteiger partial charge in [-0.05, 0) is 38.8 Å². The van der Waals surface area contributed by atoms with Crippen LogP contribution in [0.1, 0.15) is 39.8 Å². The maximum Gasteiger partial charge on any atom is 0.295 e. The van der Waals surface area contributed by atoms with Crippen molar-refractivity contribution < 1.29 is 4.79 Å². The fraction of sp³-hybridized carbons (Fsp3) is 0.474. The maximum absolute atomic E-state index is 13.1. The van der Waals surface area contributed by atoms with Crippen molar-refractivity contribution in [2.24, 2.45) is 13.0 Å². The Morgan fingerprint density at radius 2 is 1.71 bits per heavy atom. The van der Waals surface area contributed by atoms with Crippen LogP contribution >= 0.6 is 0 Å². The van der Waals surface area contributed by atoms with Crippen molar-refractivity contribution in [3.63, 3.8) is 0 Å². The van der Waals surface area contributed by atoms with E-state index in [1.807, 2.05) is 76.7 Å². The fourth-order valence-corrected chi connectivity index (χ4v) is 2.95. The predicted octanol–water partition coefficient (Wildman–Crippen LogP) is 3.27. The van der Waals surface area contributed by atoms with E-state index < -0.39 is 0 Å². The van der Waals surface area contributed by atoms with Crippen molar-refractivity contribution in [1.82, 2.24) is 9.36 Å². The first kappa shape index (κ1) is 18.0. The van der Waals surface area contributed by atoms with Crippen molar-refractivity contribution in [3.05, 3.63) is 46.4 Å². The Morgan fingerprint density at radius 1 is 1.12 bits per heavy atom. The van der Waals surface area contributed by atoms with Crippen molar-refractivity contribution in [1.29, 1.82) is 0 Å². The van der Waals surface area contributed by atoms with Gasteiger partial charge in [0.15, 0.2) is 0 Å². The summed E-state index contributed by atoms with van der Waals surface area (Å²) in [4.78, 5) is 27.5. The maximum atomic E-state index is 13.1. The average Bonchev–Trinajstić information content (AvgIpc) is 2.71. The van der Waals surface area contributed by atoms with Gasteiger partial charge in [-0.1, -0.05) is 32.0 Å². The number of anilines is 1. The van der Waals surface area contributed by atoms with Gasteiger partial charge in [-0.2, -0.15) is 0 Å². The normalized spacial score (nSPS) is 11.3. The van der Waals surface area contributed by atoms with Gasteiger partial charge in [0.05, 0.1) is 11.4 Å². The second-order valence-electron chi connectivity index (χ2n) is 6.87. The lowest BCUT2D eigenvalue weighted by Crippen LogP contribution is -2.40. The van der Waals surface area contributed by atoms with Gasteiger partial charge < -0.3 is 4.90 Å². The molecule has 1 aromatic carbocycles. The highest BCUT2D eigenvalue weighted by molar-refractivity contribution is 5.94. The van der Waals surface area contributed by atoms with Gasteiger partial charge in [-0.3, -0.25) is 14.3 Å². The van der Waals surface area contributed by atoms with Crippen LogP contribution in [-0.2, 0) is 11.8 Å². The third-order valence-electron chi connectivity index (χ3n) is 4.13. The van der Waals surface area contributed by atoms with E-state index in [2.05, 4.69) is 0 Å². The molecule has 2 rings (SSSR count). The van der Waals surface area contributed by atoms with Crippen LogP contribution in [0, 0.1) is 12.8 Å². The average molecular weight is 329 g/mol. The third-order valence-corrected chi connectivity index (χ3v) is 4.13. The summed E-state index contributed by atoms with van der Waals surface area (Å²) in [6, 6.07) is 9.41. The number of para-hydroxylation sites is 1. The van der Waals surface area contributed by atoms with E-state index in [0.29, 0.717) is 12.1 Å². The molecule has 1 heterocycles. The van der Waals surface area contributed by atoms with E-state index in [9.17, 15) is 9.59 Å². The van der Waals surface area contributed by atoms with E-state index >= 15 is 0 Å². The van der Waals surface area contributed by atoms with Crippen LogP contribution in [0.25, 0.3) is 5.69 Å². The molecule has 0 aliphatic rings. The van der Waals surface area contributed by atoms with E-state index in [-0.39, 0.29) is 23.4 Å². The number of aromatic nitrogens is 2. The van der Waals surface area contributed by atoms with E-state index in [1.54, 1.807) is 9.58 Å². The number of hydrogen-bond acceptors (Lipinski definition) is 2. The zero-order chi connectivity index (χ0) is 18.0. The summed E-state index contributed by atoms with van der Waals surface area (Å²) < 4.78 is 3.42. The minimum atomic E-state index is -0.160. The molecule has 0 atom stereocenters. The van der Waals surface area contributed by atoms with Crippen LogP contribution in [0.2, 0.25) is 0 Å². The molecule has 0 aliphatic carbocycles. The molecule has 5 heteroatoms. The number of rotatable bonds is 5. The minimum absolute atomic E-state index is 0.00832. The standard InChI is InChI=1S/C19H27N3O2/c1-13(2)12-17(23)21(14(3)4)18-15(5)20(6)22(19(18)24)16-10-8-7-9-11-16/h7-11,13-14H,12H2,1-6H3. The van der Waals surface area contributed by atoms with E-state index in [4.69, 9.17) is 0 Å². The lowest BCUT2D eigenvalue weighted by molar-refractivity contribution is -0.119. The molecule has 0 radical (unpaired) electrons. The Morgan fingerprint density at radius 3 is 2.21 bits per heavy atom. The molecule has 0 saturated heterocycles. The second-order valence-corrected chi connectivity index (χ2v) is 6.87. The zero-order valence-electron chi connectivity index (χ0n) is 15.4. The number of nitrogens with zero attached hydrogens (tertiary/aromatic N) is 3. The quantitative estimate of drug-likeness (QED) is 0.845. The molecule has 1 amide bonds. The fourth-order valence-electron chi connectivity index (χ4n) is 2.95. The molecule has 0 spiro atoms. The van der Waals surface area contributed by atoms with Crippen LogP contribution in [0.15, 0.2) is 35.1 Å². The minimum Gasteiger partial charge on any atom is -0.303 e. The summed E-state index contributed by atoms with van der Waals surface area (Å²) in [6.07, 6.45) is 0.428. The number of hydrogen-bond donors (Lipinski definition) is 0. The largest absolute Gasteiger partial charge is 0.303 e. The third kappa shape index (κ3) is 3.30. The van der Waals surface area contributed by atoms with Crippen molar-refractivity contribution in [2.45, 2.75) is 47.1 Å². The van der Waals surface area contributed by atoms with Gasteiger partial charge in [0.25, 0.3) is 5.56 Å². The molecule has 24 heavy (non-hydrogen) atoms. The Hall–Kier alpha value is -2.30. The summed E-state index contributed by atoms with van der Waals surface area (Å²) >= 11 is 0. The summed E-state index contributed by atoms with van der Waals surface area (Å²) in [5, 5.41) is 0. The first-order valence-electron chi connectivity index (χ1n) is 8.41. The smallest absolute Gasteiger partial charge is 0.295 e. The Kier molecular flexibility index (Phi) is 5.32. The molecule has 5 nitrogen and oxygen atoms in total. The Balaban J connectivity index is 2.62. The van der Waals surface area contributed by atoms with Crippen LogP contribution in [0.3, 0.4) is 0 Å². The van der Waals surface area contributed by atoms with Gasteiger partial charge in [0, 0.05) is 19.5 Å². The zero-order valence-corrected chi connectivity index (χ0v) is 15.4. The predicted molar refractivity (Wildman–Crippen MR) is 97.8 cm³/mol. The summed E-state index contributed by atoms with van der Waals surface area (Å²) in [5.41, 5.74) is 1.89. The molecule has 0 aliphatic heterocycles.